The third kappa shape index (κ3) is 2.51. The van der Waals surface area contributed by atoms with E-state index >= 15 is 0 Å². The van der Waals surface area contributed by atoms with Gasteiger partial charge in [0.25, 0.3) is 0 Å². The highest BCUT2D eigenvalue weighted by Crippen LogP contribution is 2.27. The highest BCUT2D eigenvalue weighted by atomic mass is 79.9. The molecule has 0 fully saturated rings. The lowest BCUT2D eigenvalue weighted by Crippen LogP contribution is -2.10. The number of hydrogen-bond acceptors (Lipinski definition) is 3. The Morgan fingerprint density at radius 2 is 2.19 bits per heavy atom. The lowest BCUT2D eigenvalue weighted by molar-refractivity contribution is 0.571. The Balaban J connectivity index is 2.22. The number of nitrogens with one attached hydrogen (secondary N) is 1. The van der Waals surface area contributed by atoms with Gasteiger partial charge in [0.2, 0.25) is 5.89 Å². The van der Waals surface area contributed by atoms with E-state index in [-0.39, 0.29) is 0 Å². The Morgan fingerprint density at radius 3 is 2.94 bits per heavy atom. The fourth-order valence-corrected chi connectivity index (χ4v) is 1.89. The molecule has 0 aliphatic rings. The predicted octanol–water partition coefficient (Wildman–Crippen LogP) is 2.87. The van der Waals surface area contributed by atoms with E-state index < -0.39 is 0 Å². The van der Waals surface area contributed by atoms with Gasteiger partial charge in [-0.2, -0.15) is 0 Å². The van der Waals surface area contributed by atoms with E-state index in [9.17, 15) is 0 Å². The van der Waals surface area contributed by atoms with Gasteiger partial charge in [-0.05, 0) is 35.1 Å². The molecule has 0 radical (unpaired) electrons. The summed E-state index contributed by atoms with van der Waals surface area (Å²) < 4.78 is 6.46. The van der Waals surface area contributed by atoms with Gasteiger partial charge in [-0.3, -0.25) is 0 Å². The minimum atomic E-state index is 0.665. The van der Waals surface area contributed by atoms with Crippen LogP contribution in [-0.2, 0) is 6.42 Å². The van der Waals surface area contributed by atoms with Gasteiger partial charge < -0.3 is 9.73 Å². The molecule has 0 unspecified atom stereocenters. The summed E-state index contributed by atoms with van der Waals surface area (Å²) in [7, 11) is 1.93. The lowest BCUT2D eigenvalue weighted by Gasteiger charge is -1.97. The van der Waals surface area contributed by atoms with Crippen LogP contribution in [0, 0.1) is 0 Å². The number of rotatable bonds is 4. The molecule has 0 aliphatic carbocycles. The van der Waals surface area contributed by atoms with Crippen LogP contribution in [-0.4, -0.2) is 18.6 Å². The zero-order chi connectivity index (χ0) is 11.4. The van der Waals surface area contributed by atoms with Crippen LogP contribution >= 0.6 is 15.9 Å². The number of halogens is 1. The average molecular weight is 281 g/mol. The topological polar surface area (TPSA) is 38.1 Å². The molecule has 4 heteroatoms. The Morgan fingerprint density at radius 1 is 1.38 bits per heavy atom. The molecule has 2 aromatic rings. The minimum Gasteiger partial charge on any atom is -0.444 e. The fourth-order valence-electron chi connectivity index (χ4n) is 1.43. The summed E-state index contributed by atoms with van der Waals surface area (Å²) in [6.45, 7) is 0.905. The first kappa shape index (κ1) is 11.4. The summed E-state index contributed by atoms with van der Waals surface area (Å²) in [5.41, 5.74) is 1.96. The van der Waals surface area contributed by atoms with Gasteiger partial charge in [0, 0.05) is 17.4 Å². The molecule has 0 spiro atoms. The van der Waals surface area contributed by atoms with Crippen molar-refractivity contribution in [2.75, 3.05) is 13.6 Å². The highest BCUT2D eigenvalue weighted by Gasteiger charge is 2.08. The van der Waals surface area contributed by atoms with Gasteiger partial charge in [-0.25, -0.2) is 4.98 Å². The summed E-state index contributed by atoms with van der Waals surface area (Å²) in [6, 6.07) is 7.90. The second kappa shape index (κ2) is 5.27. The average Bonchev–Trinajstić information content (AvgIpc) is 2.75. The molecular formula is C12H13BrN2O. The molecule has 0 amide bonds. The number of aromatic nitrogens is 1. The number of benzene rings is 1. The number of likely N-dealkylation sites (N-methyl/N-ethyl adjacent to an activating group) is 1. The van der Waals surface area contributed by atoms with Gasteiger partial charge in [0.15, 0.2) is 0 Å². The molecule has 1 aromatic carbocycles. The van der Waals surface area contributed by atoms with Crippen molar-refractivity contribution in [3.8, 4) is 11.5 Å². The van der Waals surface area contributed by atoms with Crippen LogP contribution in [0.3, 0.4) is 0 Å². The van der Waals surface area contributed by atoms with Crippen LogP contribution in [0.4, 0.5) is 0 Å². The molecular weight excluding hydrogens is 268 g/mol. The van der Waals surface area contributed by atoms with Crippen molar-refractivity contribution in [2.24, 2.45) is 0 Å². The van der Waals surface area contributed by atoms with Gasteiger partial charge in [0.1, 0.15) is 6.26 Å². The maximum Gasteiger partial charge on any atom is 0.227 e. The SMILES string of the molecule is CNCCc1coc(-c2ccccc2Br)n1. The van der Waals surface area contributed by atoms with Crippen molar-refractivity contribution < 1.29 is 4.42 Å². The van der Waals surface area contributed by atoms with E-state index in [0.29, 0.717) is 5.89 Å². The molecule has 0 aliphatic heterocycles. The molecule has 0 saturated heterocycles. The second-order valence-electron chi connectivity index (χ2n) is 3.48. The fraction of sp³-hybridized carbons (Fsp3) is 0.250. The Kier molecular flexibility index (Phi) is 3.74. The van der Waals surface area contributed by atoms with Gasteiger partial charge in [-0.15, -0.1) is 0 Å². The molecule has 84 valence electrons. The van der Waals surface area contributed by atoms with Crippen molar-refractivity contribution >= 4 is 15.9 Å². The monoisotopic (exact) mass is 280 g/mol. The van der Waals surface area contributed by atoms with E-state index in [0.717, 1.165) is 28.7 Å². The molecule has 0 saturated carbocycles. The smallest absolute Gasteiger partial charge is 0.227 e. The van der Waals surface area contributed by atoms with Crippen LogP contribution in [0.1, 0.15) is 5.69 Å². The molecule has 3 nitrogen and oxygen atoms in total. The summed E-state index contributed by atoms with van der Waals surface area (Å²) in [6.07, 6.45) is 2.59. The van der Waals surface area contributed by atoms with E-state index in [1.165, 1.54) is 0 Å². The maximum absolute atomic E-state index is 5.46. The van der Waals surface area contributed by atoms with Crippen LogP contribution in [0.5, 0.6) is 0 Å². The van der Waals surface area contributed by atoms with Crippen LogP contribution < -0.4 is 5.32 Å². The van der Waals surface area contributed by atoms with Gasteiger partial charge in [-0.1, -0.05) is 12.1 Å². The molecule has 1 aromatic heterocycles. The molecule has 16 heavy (non-hydrogen) atoms. The van der Waals surface area contributed by atoms with E-state index in [2.05, 4.69) is 26.2 Å². The summed E-state index contributed by atoms with van der Waals surface area (Å²) in [5, 5.41) is 3.09. The minimum absolute atomic E-state index is 0.665. The van der Waals surface area contributed by atoms with Gasteiger partial charge >= 0.3 is 0 Å². The normalized spacial score (nSPS) is 10.6. The molecule has 0 bridgehead atoms. The van der Waals surface area contributed by atoms with Crippen molar-refractivity contribution in [3.63, 3.8) is 0 Å². The molecule has 0 atom stereocenters. The summed E-state index contributed by atoms with van der Waals surface area (Å²) >= 11 is 3.48. The maximum atomic E-state index is 5.46. The second-order valence-corrected chi connectivity index (χ2v) is 4.33. The Bertz CT molecular complexity index is 468. The van der Waals surface area contributed by atoms with Gasteiger partial charge in [0.05, 0.1) is 11.3 Å². The van der Waals surface area contributed by atoms with E-state index in [1.807, 2.05) is 31.3 Å². The number of hydrogen-bond donors (Lipinski definition) is 1. The zero-order valence-corrected chi connectivity index (χ0v) is 10.6. The van der Waals surface area contributed by atoms with Crippen molar-refractivity contribution in [1.82, 2.24) is 10.3 Å². The number of nitrogens with zero attached hydrogens (tertiary/aromatic N) is 1. The van der Waals surface area contributed by atoms with Crippen LogP contribution in [0.2, 0.25) is 0 Å². The van der Waals surface area contributed by atoms with Crippen molar-refractivity contribution in [3.05, 3.63) is 40.7 Å². The summed E-state index contributed by atoms with van der Waals surface area (Å²) in [4.78, 5) is 4.44. The van der Waals surface area contributed by atoms with Crippen molar-refractivity contribution in [2.45, 2.75) is 6.42 Å². The third-order valence-corrected chi connectivity index (χ3v) is 2.98. The largest absolute Gasteiger partial charge is 0.444 e. The first-order chi connectivity index (χ1) is 7.81. The van der Waals surface area contributed by atoms with E-state index in [1.54, 1.807) is 6.26 Å². The molecule has 2 rings (SSSR count). The summed E-state index contributed by atoms with van der Waals surface area (Å²) in [5.74, 6) is 0.665. The first-order valence-corrected chi connectivity index (χ1v) is 5.94. The van der Waals surface area contributed by atoms with E-state index in [4.69, 9.17) is 4.42 Å². The van der Waals surface area contributed by atoms with Crippen LogP contribution in [0.25, 0.3) is 11.5 Å². The lowest BCUT2D eigenvalue weighted by atomic mass is 10.2. The zero-order valence-electron chi connectivity index (χ0n) is 9.03. The molecule has 1 N–H and O–H groups in total. The Labute approximate surface area is 103 Å². The molecule has 1 heterocycles. The predicted molar refractivity (Wildman–Crippen MR) is 67.3 cm³/mol. The quantitative estimate of drug-likeness (QED) is 0.936. The third-order valence-electron chi connectivity index (χ3n) is 2.29. The van der Waals surface area contributed by atoms with Crippen LogP contribution in [0.15, 0.2) is 39.4 Å². The first-order valence-electron chi connectivity index (χ1n) is 5.15. The highest BCUT2D eigenvalue weighted by molar-refractivity contribution is 9.10. The van der Waals surface area contributed by atoms with Crippen molar-refractivity contribution in [1.29, 1.82) is 0 Å². The standard InChI is InChI=1S/C12H13BrN2O/c1-14-7-6-9-8-16-12(15-9)10-4-2-3-5-11(10)13/h2-5,8,14H,6-7H2,1H3. The number of oxazole rings is 1. The Hall–Kier alpha value is -1.13.